The number of thiophene rings is 1. The second kappa shape index (κ2) is 10.3. The fourth-order valence-corrected chi connectivity index (χ4v) is 5.72. The number of benzene rings is 2. The average Bonchev–Trinajstić information content (AvgIpc) is 3.34. The van der Waals surface area contributed by atoms with Gasteiger partial charge >= 0.3 is 0 Å². The van der Waals surface area contributed by atoms with Crippen molar-refractivity contribution in [1.29, 1.82) is 5.26 Å². The molecule has 33 heavy (non-hydrogen) atoms. The Morgan fingerprint density at radius 1 is 1.15 bits per heavy atom. The van der Waals surface area contributed by atoms with Crippen molar-refractivity contribution in [2.45, 2.75) is 25.5 Å². The maximum absolute atomic E-state index is 13.5. The summed E-state index contributed by atoms with van der Waals surface area (Å²) in [7, 11) is 0. The summed E-state index contributed by atoms with van der Waals surface area (Å²) >= 11 is 9.10. The minimum Gasteiger partial charge on any atom is -0.353 e. The number of rotatable bonds is 6. The maximum atomic E-state index is 13.5. The number of nitrogens with zero attached hydrogens (tertiary/aromatic N) is 1. The normalized spacial score (nSPS) is 15.8. The van der Waals surface area contributed by atoms with Gasteiger partial charge in [-0.3, -0.25) is 4.79 Å². The van der Waals surface area contributed by atoms with E-state index < -0.39 is 5.92 Å². The number of nitriles is 1. The van der Waals surface area contributed by atoms with Crippen LogP contribution in [-0.4, -0.2) is 5.91 Å². The van der Waals surface area contributed by atoms with Gasteiger partial charge in [-0.25, -0.2) is 0 Å². The van der Waals surface area contributed by atoms with Crippen molar-refractivity contribution in [2.24, 2.45) is 0 Å². The summed E-state index contributed by atoms with van der Waals surface area (Å²) in [6.45, 7) is 3.85. The van der Waals surface area contributed by atoms with Crippen molar-refractivity contribution in [2.75, 3.05) is 5.32 Å². The third kappa shape index (κ3) is 5.17. The molecule has 0 fully saturated rings. The molecule has 3 aromatic rings. The van der Waals surface area contributed by atoms with Crippen LogP contribution in [0.2, 0.25) is 5.02 Å². The molecule has 0 unspecified atom stereocenters. The topological polar surface area (TPSA) is 64.9 Å². The van der Waals surface area contributed by atoms with Crippen LogP contribution in [0, 0.1) is 18.3 Å². The van der Waals surface area contributed by atoms with E-state index >= 15 is 0 Å². The summed E-state index contributed by atoms with van der Waals surface area (Å²) in [5.41, 5.74) is 4.71. The van der Waals surface area contributed by atoms with Crippen molar-refractivity contribution in [3.8, 4) is 6.07 Å². The lowest BCUT2D eigenvalue weighted by Gasteiger charge is -2.29. The Balaban J connectivity index is 1.67. The van der Waals surface area contributed by atoms with E-state index in [1.165, 1.54) is 0 Å². The number of halogens is 1. The van der Waals surface area contributed by atoms with Gasteiger partial charge in [0, 0.05) is 32.6 Å². The number of hydrogen-bond donors (Lipinski definition) is 2. The zero-order valence-electron chi connectivity index (χ0n) is 18.2. The van der Waals surface area contributed by atoms with Crippen molar-refractivity contribution in [3.05, 3.63) is 109 Å². The van der Waals surface area contributed by atoms with Crippen LogP contribution in [0.5, 0.6) is 0 Å². The number of amides is 1. The van der Waals surface area contributed by atoms with Crippen LogP contribution in [0.25, 0.3) is 0 Å². The highest BCUT2D eigenvalue weighted by atomic mass is 35.5. The Kier molecular flexibility index (Phi) is 7.24. The summed E-state index contributed by atoms with van der Waals surface area (Å²) < 4.78 is 0. The standard InChI is InChI=1S/C26H22ClN3OS2/c1-16-6-3-4-7-21(16)30-25(31)23-17(2)29-26(33-15-18-9-11-19(27)12-10-18)20(14-28)24(23)22-8-5-13-32-22/h3-13,24,29H,15H2,1-2H3,(H,30,31)/t24-/m1/s1. The number of anilines is 1. The number of carbonyl (C=O) groups is 1. The highest BCUT2D eigenvalue weighted by Gasteiger charge is 2.35. The zero-order chi connectivity index (χ0) is 23.4. The second-order valence-corrected chi connectivity index (χ2v) is 10.1. The summed E-state index contributed by atoms with van der Waals surface area (Å²) in [6.07, 6.45) is 0. The highest BCUT2D eigenvalue weighted by Crippen LogP contribution is 2.43. The average molecular weight is 492 g/mol. The van der Waals surface area contributed by atoms with Gasteiger partial charge in [-0.05, 0) is 54.6 Å². The molecule has 2 N–H and O–H groups in total. The minimum atomic E-state index is -0.423. The van der Waals surface area contributed by atoms with Gasteiger partial charge in [-0.1, -0.05) is 48.0 Å². The van der Waals surface area contributed by atoms with Gasteiger partial charge in [-0.2, -0.15) is 5.26 Å². The molecular formula is C26H22ClN3OS2. The third-order valence-electron chi connectivity index (χ3n) is 5.41. The first kappa shape index (κ1) is 23.2. The zero-order valence-corrected chi connectivity index (χ0v) is 20.6. The monoisotopic (exact) mass is 491 g/mol. The number of carbonyl (C=O) groups excluding carboxylic acids is 1. The van der Waals surface area contributed by atoms with Crippen LogP contribution >= 0.6 is 34.7 Å². The van der Waals surface area contributed by atoms with Crippen LogP contribution in [0.4, 0.5) is 5.69 Å². The molecule has 166 valence electrons. The number of allylic oxidation sites excluding steroid dienone is 2. The Bertz CT molecular complexity index is 1270. The minimum absolute atomic E-state index is 0.206. The molecule has 0 bridgehead atoms. The molecule has 1 atom stereocenters. The summed E-state index contributed by atoms with van der Waals surface area (Å²) in [6, 6.07) is 21.7. The van der Waals surface area contributed by atoms with E-state index in [0.29, 0.717) is 21.9 Å². The molecule has 4 rings (SSSR count). The first-order chi connectivity index (χ1) is 16.0. The lowest BCUT2D eigenvalue weighted by Crippen LogP contribution is -2.30. The first-order valence-electron chi connectivity index (χ1n) is 10.4. The largest absolute Gasteiger partial charge is 0.353 e. The Labute approximate surface area is 207 Å². The number of nitrogens with one attached hydrogen (secondary N) is 2. The first-order valence-corrected chi connectivity index (χ1v) is 12.6. The molecule has 0 radical (unpaired) electrons. The molecule has 4 nitrogen and oxygen atoms in total. The molecule has 1 aromatic heterocycles. The Hall–Kier alpha value is -2.98. The van der Waals surface area contributed by atoms with E-state index in [4.69, 9.17) is 11.6 Å². The van der Waals surface area contributed by atoms with Crippen molar-refractivity contribution < 1.29 is 4.79 Å². The van der Waals surface area contributed by atoms with E-state index in [1.54, 1.807) is 23.1 Å². The van der Waals surface area contributed by atoms with Crippen LogP contribution in [0.1, 0.15) is 28.8 Å². The molecule has 0 aliphatic carbocycles. The van der Waals surface area contributed by atoms with Crippen LogP contribution in [0.15, 0.2) is 87.9 Å². The summed E-state index contributed by atoms with van der Waals surface area (Å²) in [5, 5.41) is 20.0. The van der Waals surface area contributed by atoms with Crippen LogP contribution in [0.3, 0.4) is 0 Å². The number of aryl methyl sites for hydroxylation is 1. The fourth-order valence-electron chi connectivity index (χ4n) is 3.71. The predicted molar refractivity (Wildman–Crippen MR) is 138 cm³/mol. The van der Waals surface area contributed by atoms with Crippen molar-refractivity contribution in [1.82, 2.24) is 5.32 Å². The van der Waals surface area contributed by atoms with Gasteiger partial charge in [0.2, 0.25) is 0 Å². The summed E-state index contributed by atoms with van der Waals surface area (Å²) in [5.74, 6) is 0.0510. The predicted octanol–water partition coefficient (Wildman–Crippen LogP) is 6.98. The molecule has 0 saturated carbocycles. The Morgan fingerprint density at radius 2 is 1.91 bits per heavy atom. The third-order valence-corrected chi connectivity index (χ3v) is 7.69. The fraction of sp³-hybridized carbons (Fsp3) is 0.154. The second-order valence-electron chi connectivity index (χ2n) is 7.65. The van der Waals surface area contributed by atoms with E-state index in [1.807, 2.05) is 79.9 Å². The number of para-hydroxylation sites is 1. The molecule has 1 aliphatic rings. The van der Waals surface area contributed by atoms with Crippen LogP contribution < -0.4 is 10.6 Å². The van der Waals surface area contributed by atoms with Crippen molar-refractivity contribution >= 4 is 46.3 Å². The lowest BCUT2D eigenvalue weighted by molar-refractivity contribution is -0.113. The molecule has 0 spiro atoms. The molecule has 1 amide bonds. The van der Waals surface area contributed by atoms with Crippen LogP contribution in [-0.2, 0) is 10.5 Å². The van der Waals surface area contributed by atoms with Gasteiger partial charge < -0.3 is 10.6 Å². The van der Waals surface area contributed by atoms with Gasteiger partial charge in [0.15, 0.2) is 0 Å². The molecule has 7 heteroatoms. The SMILES string of the molecule is CC1=C(C(=O)Nc2ccccc2C)[C@@H](c2cccs2)C(C#N)=C(SCc2ccc(Cl)cc2)N1. The quantitative estimate of drug-likeness (QED) is 0.390. The molecule has 2 heterocycles. The van der Waals surface area contributed by atoms with Crippen molar-refractivity contribution in [3.63, 3.8) is 0 Å². The van der Waals surface area contributed by atoms with Gasteiger partial charge in [-0.15, -0.1) is 23.1 Å². The Morgan fingerprint density at radius 3 is 2.58 bits per heavy atom. The summed E-state index contributed by atoms with van der Waals surface area (Å²) in [4.78, 5) is 14.4. The molecule has 1 aliphatic heterocycles. The molecule has 2 aromatic carbocycles. The number of thioether (sulfide) groups is 1. The number of hydrogen-bond acceptors (Lipinski definition) is 5. The van der Waals surface area contributed by atoms with E-state index in [0.717, 1.165) is 32.4 Å². The lowest BCUT2D eigenvalue weighted by atomic mass is 9.86. The van der Waals surface area contributed by atoms with E-state index in [9.17, 15) is 10.1 Å². The maximum Gasteiger partial charge on any atom is 0.254 e. The highest BCUT2D eigenvalue weighted by molar-refractivity contribution is 8.02. The number of dihydropyridines is 1. The van der Waals surface area contributed by atoms with E-state index in [-0.39, 0.29) is 5.91 Å². The van der Waals surface area contributed by atoms with E-state index in [2.05, 4.69) is 16.7 Å². The smallest absolute Gasteiger partial charge is 0.254 e. The van der Waals surface area contributed by atoms with Gasteiger partial charge in [0.25, 0.3) is 5.91 Å². The van der Waals surface area contributed by atoms with Gasteiger partial charge in [0.1, 0.15) is 0 Å². The molecular weight excluding hydrogens is 470 g/mol. The van der Waals surface area contributed by atoms with Gasteiger partial charge in [0.05, 0.1) is 22.6 Å². The molecule has 0 saturated heterocycles.